The number of nitrogens with two attached hydrogens (primary N) is 1. The smallest absolute Gasteiger partial charge is 0.125 e. The van der Waals surface area contributed by atoms with Gasteiger partial charge in [0.15, 0.2) is 0 Å². The van der Waals surface area contributed by atoms with Gasteiger partial charge in [0.05, 0.1) is 9.26 Å². The Labute approximate surface area is 110 Å². The minimum Gasteiger partial charge on any atom is -0.384 e. The number of halogens is 1. The molecule has 0 spiro atoms. The Bertz CT molecular complexity index is 359. The first kappa shape index (κ1) is 12.0. The molecule has 1 aliphatic rings. The van der Waals surface area contributed by atoms with E-state index in [4.69, 9.17) is 5.73 Å². The minimum atomic E-state index is 0.590. The highest BCUT2D eigenvalue weighted by Gasteiger charge is 2.18. The van der Waals surface area contributed by atoms with Crippen molar-refractivity contribution in [3.05, 3.63) is 15.8 Å². The number of anilines is 2. The first-order chi connectivity index (χ1) is 7.65. The topological polar surface area (TPSA) is 50.9 Å². The molecule has 3 nitrogen and oxygen atoms in total. The summed E-state index contributed by atoms with van der Waals surface area (Å²) in [5.74, 6) is 1.48. The molecule has 1 aromatic heterocycles. The van der Waals surface area contributed by atoms with E-state index in [1.54, 1.807) is 0 Å². The quantitative estimate of drug-likeness (QED) is 0.818. The molecule has 0 radical (unpaired) electrons. The predicted molar refractivity (Wildman–Crippen MR) is 76.4 cm³/mol. The van der Waals surface area contributed by atoms with Gasteiger partial charge in [-0.2, -0.15) is 0 Å². The number of nitrogen functional groups attached to an aromatic ring is 1. The van der Waals surface area contributed by atoms with Crippen molar-refractivity contribution in [2.45, 2.75) is 38.6 Å². The molecule has 1 heterocycles. The SMILES string of the molecule is CC1CCC(Nc2cc(N)ncc2I)CC1. The van der Waals surface area contributed by atoms with Crippen molar-refractivity contribution in [3.63, 3.8) is 0 Å². The summed E-state index contributed by atoms with van der Waals surface area (Å²) in [7, 11) is 0. The lowest BCUT2D eigenvalue weighted by Gasteiger charge is -2.28. The van der Waals surface area contributed by atoms with E-state index < -0.39 is 0 Å². The fourth-order valence-electron chi connectivity index (χ4n) is 2.19. The van der Waals surface area contributed by atoms with Crippen molar-refractivity contribution in [1.82, 2.24) is 4.98 Å². The first-order valence-corrected chi connectivity index (χ1v) is 6.90. The number of hydrogen-bond donors (Lipinski definition) is 2. The lowest BCUT2D eigenvalue weighted by Crippen LogP contribution is -2.25. The number of aromatic nitrogens is 1. The van der Waals surface area contributed by atoms with E-state index in [1.165, 1.54) is 25.7 Å². The Morgan fingerprint density at radius 1 is 1.38 bits per heavy atom. The maximum atomic E-state index is 5.70. The average molecular weight is 331 g/mol. The lowest BCUT2D eigenvalue weighted by molar-refractivity contribution is 0.361. The summed E-state index contributed by atoms with van der Waals surface area (Å²) in [4.78, 5) is 4.07. The highest BCUT2D eigenvalue weighted by molar-refractivity contribution is 14.1. The van der Waals surface area contributed by atoms with Crippen LogP contribution in [0.1, 0.15) is 32.6 Å². The number of nitrogens with zero attached hydrogens (tertiary/aromatic N) is 1. The van der Waals surface area contributed by atoms with E-state index in [9.17, 15) is 0 Å². The van der Waals surface area contributed by atoms with Crippen LogP contribution >= 0.6 is 22.6 Å². The molecule has 0 aromatic carbocycles. The van der Waals surface area contributed by atoms with Gasteiger partial charge in [0.2, 0.25) is 0 Å². The predicted octanol–water partition coefficient (Wildman–Crippen LogP) is 3.26. The van der Waals surface area contributed by atoms with Gasteiger partial charge in [-0.1, -0.05) is 6.92 Å². The zero-order valence-corrected chi connectivity index (χ0v) is 11.7. The Balaban J connectivity index is 2.00. The van der Waals surface area contributed by atoms with E-state index in [0.29, 0.717) is 11.9 Å². The van der Waals surface area contributed by atoms with Gasteiger partial charge >= 0.3 is 0 Å². The lowest BCUT2D eigenvalue weighted by atomic mass is 9.87. The van der Waals surface area contributed by atoms with E-state index in [0.717, 1.165) is 15.2 Å². The third kappa shape index (κ3) is 2.99. The van der Waals surface area contributed by atoms with Crippen molar-refractivity contribution in [2.24, 2.45) is 5.92 Å². The maximum Gasteiger partial charge on any atom is 0.125 e. The molecule has 0 bridgehead atoms. The number of pyridine rings is 1. The van der Waals surface area contributed by atoms with Crippen LogP contribution in [0.4, 0.5) is 11.5 Å². The van der Waals surface area contributed by atoms with Crippen LogP contribution in [0.3, 0.4) is 0 Å². The van der Waals surface area contributed by atoms with E-state index in [-0.39, 0.29) is 0 Å². The molecule has 3 N–H and O–H groups in total. The standard InChI is InChI=1S/C12H18IN3/c1-8-2-4-9(5-3-8)16-11-6-12(14)15-7-10(11)13/h6-9H,2-5H2,1H3,(H3,14,15,16). The molecule has 88 valence electrons. The monoisotopic (exact) mass is 331 g/mol. The Morgan fingerprint density at radius 2 is 2.06 bits per heavy atom. The fourth-order valence-corrected chi connectivity index (χ4v) is 2.64. The first-order valence-electron chi connectivity index (χ1n) is 5.82. The van der Waals surface area contributed by atoms with Crippen LogP contribution in [0.25, 0.3) is 0 Å². The van der Waals surface area contributed by atoms with Gasteiger partial charge in [-0.15, -0.1) is 0 Å². The molecular formula is C12H18IN3. The van der Waals surface area contributed by atoms with Gasteiger partial charge in [0.25, 0.3) is 0 Å². The second-order valence-electron chi connectivity index (χ2n) is 4.69. The van der Waals surface area contributed by atoms with Gasteiger partial charge in [-0.25, -0.2) is 4.98 Å². The Morgan fingerprint density at radius 3 is 2.75 bits per heavy atom. The molecule has 1 aliphatic carbocycles. The Kier molecular flexibility index (Phi) is 3.89. The summed E-state index contributed by atoms with van der Waals surface area (Å²) in [5.41, 5.74) is 6.83. The van der Waals surface area contributed by atoms with Crippen LogP contribution in [0.15, 0.2) is 12.3 Å². The van der Waals surface area contributed by atoms with E-state index in [1.807, 2.05) is 12.3 Å². The highest BCUT2D eigenvalue weighted by Crippen LogP contribution is 2.28. The van der Waals surface area contributed by atoms with Crippen LogP contribution < -0.4 is 11.1 Å². The van der Waals surface area contributed by atoms with Crippen molar-refractivity contribution in [1.29, 1.82) is 0 Å². The molecule has 1 fully saturated rings. The molecule has 0 amide bonds. The zero-order valence-electron chi connectivity index (χ0n) is 9.54. The summed E-state index contributed by atoms with van der Waals surface area (Å²) >= 11 is 2.30. The van der Waals surface area contributed by atoms with Crippen LogP contribution in [-0.2, 0) is 0 Å². The number of nitrogens with one attached hydrogen (secondary N) is 1. The third-order valence-corrected chi connectivity index (χ3v) is 4.11. The molecule has 1 aromatic rings. The summed E-state index contributed by atoms with van der Waals surface area (Å²) in [6.07, 6.45) is 7.01. The third-order valence-electron chi connectivity index (χ3n) is 3.25. The van der Waals surface area contributed by atoms with Crippen molar-refractivity contribution < 1.29 is 0 Å². The molecular weight excluding hydrogens is 313 g/mol. The average Bonchev–Trinajstić information content (AvgIpc) is 2.27. The van der Waals surface area contributed by atoms with E-state index >= 15 is 0 Å². The van der Waals surface area contributed by atoms with Crippen molar-refractivity contribution in [3.8, 4) is 0 Å². The molecule has 16 heavy (non-hydrogen) atoms. The van der Waals surface area contributed by atoms with Gasteiger partial charge < -0.3 is 11.1 Å². The second kappa shape index (κ2) is 5.21. The highest BCUT2D eigenvalue weighted by atomic mass is 127. The molecule has 0 aliphatic heterocycles. The normalized spacial score (nSPS) is 25.4. The molecule has 4 heteroatoms. The second-order valence-corrected chi connectivity index (χ2v) is 5.85. The number of rotatable bonds is 2. The summed E-state index contributed by atoms with van der Waals surface area (Å²) in [6, 6.07) is 2.53. The van der Waals surface area contributed by atoms with Gasteiger partial charge in [0, 0.05) is 18.3 Å². The van der Waals surface area contributed by atoms with Crippen LogP contribution in [0.2, 0.25) is 0 Å². The van der Waals surface area contributed by atoms with Gasteiger partial charge in [-0.05, 0) is 54.2 Å². The van der Waals surface area contributed by atoms with Crippen molar-refractivity contribution >= 4 is 34.1 Å². The van der Waals surface area contributed by atoms with Crippen molar-refractivity contribution in [2.75, 3.05) is 11.1 Å². The molecule has 0 atom stereocenters. The zero-order chi connectivity index (χ0) is 11.5. The number of hydrogen-bond acceptors (Lipinski definition) is 3. The van der Waals surface area contributed by atoms with Crippen LogP contribution in [0.5, 0.6) is 0 Å². The van der Waals surface area contributed by atoms with E-state index in [2.05, 4.69) is 39.8 Å². The Hall–Kier alpha value is -0.520. The molecule has 2 rings (SSSR count). The maximum absolute atomic E-state index is 5.70. The molecule has 1 saturated carbocycles. The minimum absolute atomic E-state index is 0.590. The summed E-state index contributed by atoms with van der Waals surface area (Å²) in [5, 5.41) is 3.58. The summed E-state index contributed by atoms with van der Waals surface area (Å²) < 4.78 is 1.14. The van der Waals surface area contributed by atoms with Gasteiger partial charge in [0.1, 0.15) is 5.82 Å². The molecule has 0 unspecified atom stereocenters. The summed E-state index contributed by atoms with van der Waals surface area (Å²) in [6.45, 7) is 2.34. The largest absolute Gasteiger partial charge is 0.384 e. The van der Waals surface area contributed by atoms with Crippen LogP contribution in [-0.4, -0.2) is 11.0 Å². The molecule has 0 saturated heterocycles. The van der Waals surface area contributed by atoms with Gasteiger partial charge in [-0.3, -0.25) is 0 Å². The fraction of sp³-hybridized carbons (Fsp3) is 0.583. The van der Waals surface area contributed by atoms with Crippen LogP contribution in [0, 0.1) is 9.49 Å².